The summed E-state index contributed by atoms with van der Waals surface area (Å²) in [6.45, 7) is 3.97. The first-order valence-electron chi connectivity index (χ1n) is 4.24. The molecular weight excluding hydrogens is 178 g/mol. The van der Waals surface area contributed by atoms with E-state index in [2.05, 4.69) is 21.8 Å². The molecule has 0 aliphatic carbocycles. The van der Waals surface area contributed by atoms with Crippen LogP contribution in [0.1, 0.15) is 31.3 Å². The topological polar surface area (TPSA) is 68.9 Å². The molecule has 0 saturated carbocycles. The molecule has 1 aromatic rings. The van der Waals surface area contributed by atoms with Gasteiger partial charge in [-0.2, -0.15) is 0 Å². The Kier molecular flexibility index (Phi) is 3.19. The zero-order valence-electron chi connectivity index (χ0n) is 8.11. The van der Waals surface area contributed by atoms with E-state index in [9.17, 15) is 4.79 Å². The van der Waals surface area contributed by atoms with Gasteiger partial charge in [-0.3, -0.25) is 4.79 Å². The summed E-state index contributed by atoms with van der Waals surface area (Å²) in [5.41, 5.74) is 5.40. The van der Waals surface area contributed by atoms with Crippen molar-refractivity contribution in [2.75, 3.05) is 0 Å². The summed E-state index contributed by atoms with van der Waals surface area (Å²) in [5.74, 6) is 5.08. The Morgan fingerprint density at radius 1 is 1.57 bits per heavy atom. The third-order valence-corrected chi connectivity index (χ3v) is 1.50. The van der Waals surface area contributed by atoms with Gasteiger partial charge in [0.2, 0.25) is 0 Å². The molecule has 0 saturated heterocycles. The van der Waals surface area contributed by atoms with E-state index in [4.69, 9.17) is 5.73 Å². The van der Waals surface area contributed by atoms with Crippen molar-refractivity contribution in [3.8, 4) is 11.8 Å². The Hall–Kier alpha value is -1.89. The van der Waals surface area contributed by atoms with Crippen LogP contribution in [0.3, 0.4) is 0 Å². The molecule has 0 unspecified atom stereocenters. The predicted molar refractivity (Wildman–Crippen MR) is 52.2 cm³/mol. The fourth-order valence-electron chi connectivity index (χ4n) is 0.847. The van der Waals surface area contributed by atoms with E-state index in [1.807, 2.05) is 13.8 Å². The van der Waals surface area contributed by atoms with Crippen LogP contribution < -0.4 is 5.73 Å². The van der Waals surface area contributed by atoms with Gasteiger partial charge in [0.1, 0.15) is 11.5 Å². The second-order valence-corrected chi connectivity index (χ2v) is 3.07. The fourth-order valence-corrected chi connectivity index (χ4v) is 0.847. The average Bonchev–Trinajstić information content (AvgIpc) is 2.15. The van der Waals surface area contributed by atoms with Crippen molar-refractivity contribution in [1.82, 2.24) is 9.97 Å². The summed E-state index contributed by atoms with van der Waals surface area (Å²) in [5, 5.41) is 0. The zero-order valence-corrected chi connectivity index (χ0v) is 8.11. The normalized spacial score (nSPS) is 9.36. The molecule has 4 heteroatoms. The van der Waals surface area contributed by atoms with Crippen molar-refractivity contribution < 1.29 is 4.79 Å². The van der Waals surface area contributed by atoms with Crippen LogP contribution in [0, 0.1) is 11.8 Å². The number of amides is 1. The third-order valence-electron chi connectivity index (χ3n) is 1.50. The monoisotopic (exact) mass is 189 g/mol. The lowest BCUT2D eigenvalue weighted by atomic mass is 10.2. The summed E-state index contributed by atoms with van der Waals surface area (Å²) in [6.07, 6.45) is 1.62. The Bertz CT molecular complexity index is 401. The van der Waals surface area contributed by atoms with E-state index in [-0.39, 0.29) is 5.92 Å². The standard InChI is InChI=1S/C10H11N3O/c1-7(2)10-12-6-5-8(13-10)3-4-9(11)14/h5-7H,1-2H3,(H2,11,14). The minimum atomic E-state index is -0.658. The van der Waals surface area contributed by atoms with Crippen LogP contribution in [0.25, 0.3) is 0 Å². The Morgan fingerprint density at radius 3 is 2.86 bits per heavy atom. The van der Waals surface area contributed by atoms with Crippen LogP contribution in [0.15, 0.2) is 12.3 Å². The van der Waals surface area contributed by atoms with Gasteiger partial charge in [0.25, 0.3) is 5.91 Å². The molecule has 0 spiro atoms. The largest absolute Gasteiger partial charge is 0.359 e. The van der Waals surface area contributed by atoms with Gasteiger partial charge in [-0.15, -0.1) is 0 Å². The Morgan fingerprint density at radius 2 is 2.29 bits per heavy atom. The number of aromatic nitrogens is 2. The number of carbonyl (C=O) groups is 1. The highest BCUT2D eigenvalue weighted by molar-refractivity contribution is 5.92. The lowest BCUT2D eigenvalue weighted by Gasteiger charge is -2.01. The van der Waals surface area contributed by atoms with Crippen molar-refractivity contribution >= 4 is 5.91 Å². The van der Waals surface area contributed by atoms with E-state index in [1.165, 1.54) is 0 Å². The molecule has 0 bridgehead atoms. The van der Waals surface area contributed by atoms with Crippen LogP contribution in [0.5, 0.6) is 0 Å². The van der Waals surface area contributed by atoms with Crippen LogP contribution in [0.4, 0.5) is 0 Å². The van der Waals surface area contributed by atoms with Crippen LogP contribution in [-0.2, 0) is 4.79 Å². The van der Waals surface area contributed by atoms with Crippen LogP contribution in [-0.4, -0.2) is 15.9 Å². The lowest BCUT2D eigenvalue weighted by Crippen LogP contribution is -2.06. The van der Waals surface area contributed by atoms with Crippen LogP contribution in [0.2, 0.25) is 0 Å². The van der Waals surface area contributed by atoms with Gasteiger partial charge in [0.15, 0.2) is 0 Å². The first kappa shape index (κ1) is 10.2. The van der Waals surface area contributed by atoms with Crippen molar-refractivity contribution in [2.24, 2.45) is 5.73 Å². The molecule has 0 aliphatic rings. The SMILES string of the molecule is CC(C)c1nccc(C#CC(N)=O)n1. The number of hydrogen-bond donors (Lipinski definition) is 1. The molecular formula is C10H11N3O. The van der Waals surface area contributed by atoms with Crippen molar-refractivity contribution in [2.45, 2.75) is 19.8 Å². The average molecular weight is 189 g/mol. The van der Waals surface area contributed by atoms with E-state index < -0.39 is 5.91 Å². The van der Waals surface area contributed by atoms with Gasteiger partial charge >= 0.3 is 0 Å². The highest BCUT2D eigenvalue weighted by atomic mass is 16.1. The molecule has 0 aromatic carbocycles. The summed E-state index contributed by atoms with van der Waals surface area (Å²) in [7, 11) is 0. The van der Waals surface area contributed by atoms with Gasteiger partial charge in [-0.05, 0) is 12.0 Å². The van der Waals surface area contributed by atoms with Crippen molar-refractivity contribution in [3.63, 3.8) is 0 Å². The molecule has 72 valence electrons. The van der Waals surface area contributed by atoms with Crippen molar-refractivity contribution in [3.05, 3.63) is 23.8 Å². The number of rotatable bonds is 1. The minimum absolute atomic E-state index is 0.241. The zero-order chi connectivity index (χ0) is 10.6. The number of hydrogen-bond acceptors (Lipinski definition) is 3. The maximum atomic E-state index is 10.4. The van der Waals surface area contributed by atoms with Gasteiger partial charge in [0, 0.05) is 18.0 Å². The van der Waals surface area contributed by atoms with E-state index in [0.717, 1.165) is 0 Å². The molecule has 0 radical (unpaired) electrons. The molecule has 1 aromatic heterocycles. The quantitative estimate of drug-likeness (QED) is 0.651. The summed E-state index contributed by atoms with van der Waals surface area (Å²) in [6, 6.07) is 1.64. The summed E-state index contributed by atoms with van der Waals surface area (Å²) < 4.78 is 0. The maximum absolute atomic E-state index is 10.4. The number of primary amides is 1. The van der Waals surface area contributed by atoms with E-state index >= 15 is 0 Å². The van der Waals surface area contributed by atoms with Gasteiger partial charge in [0.05, 0.1) is 0 Å². The van der Waals surface area contributed by atoms with E-state index in [0.29, 0.717) is 11.5 Å². The third kappa shape index (κ3) is 2.87. The first-order valence-corrected chi connectivity index (χ1v) is 4.24. The second kappa shape index (κ2) is 4.38. The maximum Gasteiger partial charge on any atom is 0.293 e. The molecule has 1 rings (SSSR count). The number of nitrogens with zero attached hydrogens (tertiary/aromatic N) is 2. The first-order chi connectivity index (χ1) is 6.59. The van der Waals surface area contributed by atoms with Gasteiger partial charge in [-0.25, -0.2) is 9.97 Å². The highest BCUT2D eigenvalue weighted by Gasteiger charge is 2.01. The molecule has 2 N–H and O–H groups in total. The molecule has 0 atom stereocenters. The molecule has 1 heterocycles. The second-order valence-electron chi connectivity index (χ2n) is 3.07. The number of carbonyl (C=O) groups excluding carboxylic acids is 1. The van der Waals surface area contributed by atoms with Gasteiger partial charge in [-0.1, -0.05) is 13.8 Å². The molecule has 0 fully saturated rings. The van der Waals surface area contributed by atoms with Gasteiger partial charge < -0.3 is 5.73 Å². The molecule has 1 amide bonds. The minimum Gasteiger partial charge on any atom is -0.359 e. The van der Waals surface area contributed by atoms with Crippen LogP contribution >= 0.6 is 0 Å². The Labute approximate surface area is 82.6 Å². The fraction of sp³-hybridized carbons (Fsp3) is 0.300. The number of nitrogens with two attached hydrogens (primary N) is 1. The molecule has 0 aliphatic heterocycles. The summed E-state index contributed by atoms with van der Waals surface area (Å²) in [4.78, 5) is 18.6. The summed E-state index contributed by atoms with van der Waals surface area (Å²) >= 11 is 0. The van der Waals surface area contributed by atoms with E-state index in [1.54, 1.807) is 12.3 Å². The molecule has 4 nitrogen and oxygen atoms in total. The predicted octanol–water partition coefficient (Wildman–Crippen LogP) is 0.437. The molecule has 14 heavy (non-hydrogen) atoms. The smallest absolute Gasteiger partial charge is 0.293 e. The van der Waals surface area contributed by atoms with Crippen molar-refractivity contribution in [1.29, 1.82) is 0 Å². The highest BCUT2D eigenvalue weighted by Crippen LogP contribution is 2.07. The Balaban J connectivity index is 2.96. The lowest BCUT2D eigenvalue weighted by molar-refractivity contribution is -0.112.